The molecular formula is C15H22N2O. The Morgan fingerprint density at radius 2 is 2.11 bits per heavy atom. The maximum absolute atomic E-state index is 11.8. The third-order valence-electron chi connectivity index (χ3n) is 3.63. The van der Waals surface area contributed by atoms with Gasteiger partial charge >= 0.3 is 0 Å². The van der Waals surface area contributed by atoms with E-state index in [0.29, 0.717) is 18.9 Å². The van der Waals surface area contributed by atoms with Crippen LogP contribution in [-0.2, 0) is 11.2 Å². The molecule has 0 aliphatic heterocycles. The molecule has 0 radical (unpaired) electrons. The fourth-order valence-electron chi connectivity index (χ4n) is 2.60. The van der Waals surface area contributed by atoms with E-state index in [4.69, 9.17) is 0 Å². The van der Waals surface area contributed by atoms with Crippen LogP contribution in [0.4, 0.5) is 0 Å². The lowest BCUT2D eigenvalue weighted by molar-refractivity contribution is -0.122. The Morgan fingerprint density at radius 1 is 1.28 bits per heavy atom. The van der Waals surface area contributed by atoms with Crippen molar-refractivity contribution in [1.82, 2.24) is 10.3 Å². The summed E-state index contributed by atoms with van der Waals surface area (Å²) < 4.78 is 0. The van der Waals surface area contributed by atoms with Crippen molar-refractivity contribution in [2.75, 3.05) is 6.54 Å². The van der Waals surface area contributed by atoms with E-state index in [1.165, 1.54) is 32.1 Å². The number of pyridine rings is 1. The predicted octanol–water partition coefficient (Wildman–Crippen LogP) is 2.71. The molecule has 0 atom stereocenters. The van der Waals surface area contributed by atoms with Crippen molar-refractivity contribution in [1.29, 1.82) is 0 Å². The van der Waals surface area contributed by atoms with Gasteiger partial charge < -0.3 is 5.32 Å². The number of rotatable bonds is 5. The number of aromatic nitrogens is 1. The van der Waals surface area contributed by atoms with Gasteiger partial charge in [-0.15, -0.1) is 0 Å². The van der Waals surface area contributed by atoms with Crippen LogP contribution >= 0.6 is 0 Å². The van der Waals surface area contributed by atoms with Crippen molar-refractivity contribution in [2.45, 2.75) is 44.9 Å². The highest BCUT2D eigenvalue weighted by molar-refractivity contribution is 5.76. The van der Waals surface area contributed by atoms with Gasteiger partial charge in [0.15, 0.2) is 0 Å². The van der Waals surface area contributed by atoms with Crippen LogP contribution in [0.25, 0.3) is 0 Å². The Kier molecular flexibility index (Phi) is 5.18. The number of carbonyl (C=O) groups is 1. The van der Waals surface area contributed by atoms with Crippen molar-refractivity contribution in [3.8, 4) is 0 Å². The summed E-state index contributed by atoms with van der Waals surface area (Å²) in [6.45, 7) is 0.697. The second kappa shape index (κ2) is 7.14. The van der Waals surface area contributed by atoms with Crippen molar-refractivity contribution < 1.29 is 4.79 Å². The lowest BCUT2D eigenvalue weighted by atomic mass is 9.87. The number of hydrogen-bond donors (Lipinski definition) is 1. The van der Waals surface area contributed by atoms with Crippen LogP contribution in [0.1, 0.15) is 44.2 Å². The Bertz CT molecular complexity index is 358. The van der Waals surface area contributed by atoms with Crippen molar-refractivity contribution >= 4 is 5.91 Å². The van der Waals surface area contributed by atoms with Gasteiger partial charge in [-0.1, -0.05) is 25.3 Å². The highest BCUT2D eigenvalue weighted by Gasteiger charge is 2.16. The first-order valence-corrected chi connectivity index (χ1v) is 7.01. The minimum atomic E-state index is 0.206. The van der Waals surface area contributed by atoms with E-state index < -0.39 is 0 Å². The second-order valence-electron chi connectivity index (χ2n) is 5.13. The van der Waals surface area contributed by atoms with Crippen LogP contribution in [0.5, 0.6) is 0 Å². The number of hydrogen-bond acceptors (Lipinski definition) is 2. The van der Waals surface area contributed by atoms with Gasteiger partial charge in [-0.2, -0.15) is 0 Å². The normalized spacial score (nSPS) is 16.4. The zero-order valence-electron chi connectivity index (χ0n) is 10.9. The quantitative estimate of drug-likeness (QED) is 0.868. The SMILES string of the molecule is O=C(CC1CCCCC1)NCCc1ccccn1. The van der Waals surface area contributed by atoms with E-state index in [2.05, 4.69) is 10.3 Å². The molecule has 3 nitrogen and oxygen atoms in total. The predicted molar refractivity (Wildman–Crippen MR) is 72.1 cm³/mol. The Balaban J connectivity index is 1.62. The number of carbonyl (C=O) groups excluding carboxylic acids is 1. The summed E-state index contributed by atoms with van der Waals surface area (Å²) in [6, 6.07) is 5.88. The number of nitrogens with zero attached hydrogens (tertiary/aromatic N) is 1. The van der Waals surface area contributed by atoms with Crippen molar-refractivity contribution in [2.24, 2.45) is 5.92 Å². The first-order chi connectivity index (χ1) is 8.84. The molecule has 0 saturated heterocycles. The molecule has 1 aromatic heterocycles. The molecule has 1 amide bonds. The molecule has 0 aromatic carbocycles. The average molecular weight is 246 g/mol. The van der Waals surface area contributed by atoms with Crippen molar-refractivity contribution in [3.63, 3.8) is 0 Å². The van der Waals surface area contributed by atoms with Crippen LogP contribution < -0.4 is 5.32 Å². The van der Waals surface area contributed by atoms with E-state index in [-0.39, 0.29) is 5.91 Å². The van der Waals surface area contributed by atoms with Gasteiger partial charge in [0.1, 0.15) is 0 Å². The fraction of sp³-hybridized carbons (Fsp3) is 0.600. The monoisotopic (exact) mass is 246 g/mol. The Labute approximate surface area is 109 Å². The molecule has 0 bridgehead atoms. The summed E-state index contributed by atoms with van der Waals surface area (Å²) in [7, 11) is 0. The van der Waals surface area contributed by atoms with Crippen molar-refractivity contribution in [3.05, 3.63) is 30.1 Å². The molecule has 98 valence electrons. The fourth-order valence-corrected chi connectivity index (χ4v) is 2.60. The summed E-state index contributed by atoms with van der Waals surface area (Å²) in [6.07, 6.45) is 9.72. The van der Waals surface area contributed by atoms with Crippen LogP contribution in [-0.4, -0.2) is 17.4 Å². The van der Waals surface area contributed by atoms with Gasteiger partial charge in [0.25, 0.3) is 0 Å². The van der Waals surface area contributed by atoms with E-state index in [1.807, 2.05) is 18.2 Å². The van der Waals surface area contributed by atoms with E-state index >= 15 is 0 Å². The highest BCUT2D eigenvalue weighted by atomic mass is 16.1. The van der Waals surface area contributed by atoms with Crippen LogP contribution in [0.2, 0.25) is 0 Å². The molecule has 1 fully saturated rings. The molecule has 3 heteroatoms. The molecule has 18 heavy (non-hydrogen) atoms. The zero-order valence-corrected chi connectivity index (χ0v) is 10.9. The van der Waals surface area contributed by atoms with Gasteiger partial charge in [0.05, 0.1) is 0 Å². The van der Waals surface area contributed by atoms with Gasteiger partial charge in [0.2, 0.25) is 5.91 Å². The van der Waals surface area contributed by atoms with Crippen LogP contribution in [0, 0.1) is 5.92 Å². The smallest absolute Gasteiger partial charge is 0.220 e. The Morgan fingerprint density at radius 3 is 2.83 bits per heavy atom. The molecule has 2 rings (SSSR count). The molecule has 1 N–H and O–H groups in total. The standard InChI is InChI=1S/C15H22N2O/c18-15(12-13-6-2-1-3-7-13)17-11-9-14-8-4-5-10-16-14/h4-5,8,10,13H,1-3,6-7,9,11-12H2,(H,17,18). The summed E-state index contributed by atoms with van der Waals surface area (Å²) in [5, 5.41) is 3.00. The van der Waals surface area contributed by atoms with E-state index in [0.717, 1.165) is 12.1 Å². The highest BCUT2D eigenvalue weighted by Crippen LogP contribution is 2.25. The van der Waals surface area contributed by atoms with Crippen LogP contribution in [0.3, 0.4) is 0 Å². The maximum atomic E-state index is 11.8. The largest absolute Gasteiger partial charge is 0.356 e. The lowest BCUT2D eigenvalue weighted by Crippen LogP contribution is -2.28. The third-order valence-corrected chi connectivity index (χ3v) is 3.63. The summed E-state index contributed by atoms with van der Waals surface area (Å²) in [4.78, 5) is 16.0. The molecule has 0 spiro atoms. The molecule has 1 saturated carbocycles. The minimum absolute atomic E-state index is 0.206. The van der Waals surface area contributed by atoms with Gasteiger partial charge in [-0.05, 0) is 30.9 Å². The first-order valence-electron chi connectivity index (χ1n) is 7.01. The summed E-state index contributed by atoms with van der Waals surface area (Å²) in [5.41, 5.74) is 1.04. The minimum Gasteiger partial charge on any atom is -0.356 e. The topological polar surface area (TPSA) is 42.0 Å². The third kappa shape index (κ3) is 4.47. The molecule has 1 heterocycles. The van der Waals surface area contributed by atoms with E-state index in [9.17, 15) is 4.79 Å². The first kappa shape index (κ1) is 13.1. The van der Waals surface area contributed by atoms with Crippen LogP contribution in [0.15, 0.2) is 24.4 Å². The van der Waals surface area contributed by atoms with Gasteiger partial charge in [-0.25, -0.2) is 0 Å². The summed E-state index contributed by atoms with van der Waals surface area (Å²) >= 11 is 0. The molecule has 1 aliphatic rings. The number of amides is 1. The maximum Gasteiger partial charge on any atom is 0.220 e. The average Bonchev–Trinajstić information content (AvgIpc) is 2.41. The molecule has 1 aliphatic carbocycles. The molecular weight excluding hydrogens is 224 g/mol. The Hall–Kier alpha value is -1.38. The van der Waals surface area contributed by atoms with E-state index in [1.54, 1.807) is 6.20 Å². The zero-order chi connectivity index (χ0) is 12.6. The summed E-state index contributed by atoms with van der Waals surface area (Å²) in [5.74, 6) is 0.825. The molecule has 0 unspecified atom stereocenters. The number of nitrogens with one attached hydrogen (secondary N) is 1. The van der Waals surface area contributed by atoms with Gasteiger partial charge in [0, 0.05) is 31.3 Å². The van der Waals surface area contributed by atoms with Gasteiger partial charge in [-0.3, -0.25) is 9.78 Å². The second-order valence-corrected chi connectivity index (χ2v) is 5.13. The lowest BCUT2D eigenvalue weighted by Gasteiger charge is -2.20. The molecule has 1 aromatic rings.